The van der Waals surface area contributed by atoms with Crippen LogP contribution in [0.5, 0.6) is 0 Å². The van der Waals surface area contributed by atoms with E-state index in [0.717, 1.165) is 4.90 Å². The number of halogens is 4. The van der Waals surface area contributed by atoms with Crippen LogP contribution in [0, 0.1) is 0 Å². The summed E-state index contributed by atoms with van der Waals surface area (Å²) in [7, 11) is 0. The van der Waals surface area contributed by atoms with Crippen LogP contribution >= 0.6 is 11.6 Å². The Balaban J connectivity index is 2.20. The highest BCUT2D eigenvalue weighted by molar-refractivity contribution is 6.32. The molecule has 2 aromatic rings. The normalized spacial score (nSPS) is 18.7. The Morgan fingerprint density at radius 3 is 2.59 bits per heavy atom. The first-order valence-electron chi connectivity index (χ1n) is 8.01. The zero-order valence-electron chi connectivity index (χ0n) is 14.1. The van der Waals surface area contributed by atoms with Crippen molar-refractivity contribution in [3.63, 3.8) is 0 Å². The molecule has 144 valence electrons. The van der Waals surface area contributed by atoms with Crippen molar-refractivity contribution >= 4 is 29.2 Å². The molecule has 1 N–H and O–H groups in total. The molecule has 0 bridgehead atoms. The van der Waals surface area contributed by atoms with Gasteiger partial charge in [-0.3, -0.25) is 0 Å². The third kappa shape index (κ3) is 3.10. The predicted molar refractivity (Wildman–Crippen MR) is 90.8 cm³/mol. The standard InChI is InChI=1S/C17H15ClF3N3O3/c1-2-27-14(25)16(26,17(19,20)21)13-9-10-11(18)5-3-6-12(10)24(13)15-22-7-4-8-23-15/h3-8,13,26H,2,9H2,1H3. The summed E-state index contributed by atoms with van der Waals surface area (Å²) in [5.74, 6) is -1.89. The summed E-state index contributed by atoms with van der Waals surface area (Å²) in [5, 5.41) is 10.8. The highest BCUT2D eigenvalue weighted by Gasteiger charge is 2.68. The number of fused-ring (bicyclic) bond motifs is 1. The fourth-order valence-electron chi connectivity index (χ4n) is 3.11. The van der Waals surface area contributed by atoms with Crippen molar-refractivity contribution in [1.82, 2.24) is 9.97 Å². The van der Waals surface area contributed by atoms with Crippen LogP contribution in [0.15, 0.2) is 36.7 Å². The predicted octanol–water partition coefficient (Wildman–Crippen LogP) is 3.05. The number of hydrogen-bond donors (Lipinski definition) is 1. The second-order valence-corrected chi connectivity index (χ2v) is 6.27. The lowest BCUT2D eigenvalue weighted by Gasteiger charge is -2.38. The van der Waals surface area contributed by atoms with Crippen LogP contribution in [0.2, 0.25) is 5.02 Å². The summed E-state index contributed by atoms with van der Waals surface area (Å²) in [6, 6.07) is 4.31. The number of nitrogens with zero attached hydrogens (tertiary/aromatic N) is 3. The number of hydrogen-bond acceptors (Lipinski definition) is 6. The zero-order valence-corrected chi connectivity index (χ0v) is 14.8. The number of rotatable bonds is 4. The lowest BCUT2D eigenvalue weighted by atomic mass is 9.90. The molecule has 0 aliphatic carbocycles. The Kier molecular flexibility index (Phi) is 5.00. The lowest BCUT2D eigenvalue weighted by Crippen LogP contribution is -2.65. The van der Waals surface area contributed by atoms with Crippen LogP contribution in [0.25, 0.3) is 0 Å². The molecule has 0 amide bonds. The quantitative estimate of drug-likeness (QED) is 0.794. The van der Waals surface area contributed by atoms with E-state index < -0.39 is 23.8 Å². The maximum Gasteiger partial charge on any atom is 0.430 e. The molecule has 3 rings (SSSR count). The second kappa shape index (κ2) is 6.97. The minimum Gasteiger partial charge on any atom is -0.464 e. The fraction of sp³-hybridized carbons (Fsp3) is 0.353. The summed E-state index contributed by atoms with van der Waals surface area (Å²) in [6.07, 6.45) is -2.95. The van der Waals surface area contributed by atoms with Gasteiger partial charge in [-0.15, -0.1) is 0 Å². The first kappa shape index (κ1) is 19.4. The van der Waals surface area contributed by atoms with Gasteiger partial charge in [-0.25, -0.2) is 14.8 Å². The molecular weight excluding hydrogens is 387 g/mol. The highest BCUT2D eigenvalue weighted by Crippen LogP contribution is 2.47. The minimum atomic E-state index is -5.30. The molecule has 0 saturated carbocycles. The number of benzene rings is 1. The third-order valence-corrected chi connectivity index (χ3v) is 4.69. The monoisotopic (exact) mass is 401 g/mol. The maximum atomic E-state index is 13.9. The molecule has 0 spiro atoms. The number of aliphatic hydroxyl groups is 1. The van der Waals surface area contributed by atoms with Gasteiger partial charge < -0.3 is 14.7 Å². The molecule has 2 heterocycles. The van der Waals surface area contributed by atoms with E-state index in [4.69, 9.17) is 11.6 Å². The molecule has 2 atom stereocenters. The molecule has 27 heavy (non-hydrogen) atoms. The maximum absolute atomic E-state index is 13.9. The van der Waals surface area contributed by atoms with Crippen molar-refractivity contribution in [2.75, 3.05) is 11.5 Å². The van der Waals surface area contributed by atoms with Crippen molar-refractivity contribution in [3.8, 4) is 0 Å². The van der Waals surface area contributed by atoms with Gasteiger partial charge >= 0.3 is 12.1 Å². The molecular formula is C17H15ClF3N3O3. The molecule has 0 radical (unpaired) electrons. The number of esters is 1. The van der Waals surface area contributed by atoms with E-state index >= 15 is 0 Å². The number of aromatic nitrogens is 2. The van der Waals surface area contributed by atoms with Crippen molar-refractivity contribution < 1.29 is 27.8 Å². The van der Waals surface area contributed by atoms with Crippen molar-refractivity contribution in [2.45, 2.75) is 31.2 Å². The van der Waals surface area contributed by atoms with Gasteiger partial charge in [0.05, 0.1) is 12.6 Å². The summed E-state index contributed by atoms with van der Waals surface area (Å²) in [4.78, 5) is 21.3. The van der Waals surface area contributed by atoms with Crippen LogP contribution in [-0.2, 0) is 16.0 Å². The molecule has 6 nitrogen and oxygen atoms in total. The number of carbonyl (C=O) groups is 1. The minimum absolute atomic E-state index is 0.101. The molecule has 10 heteroatoms. The molecule has 1 aliphatic heterocycles. The Labute approximate surface area is 157 Å². The fourth-order valence-corrected chi connectivity index (χ4v) is 3.35. The van der Waals surface area contributed by atoms with E-state index in [1.807, 2.05) is 0 Å². The molecule has 1 aromatic carbocycles. The van der Waals surface area contributed by atoms with Crippen LogP contribution in [0.4, 0.5) is 24.8 Å². The Morgan fingerprint density at radius 2 is 2.00 bits per heavy atom. The Hall–Kier alpha value is -2.39. The lowest BCUT2D eigenvalue weighted by molar-refractivity contribution is -0.267. The Morgan fingerprint density at radius 1 is 1.33 bits per heavy atom. The van der Waals surface area contributed by atoms with Gasteiger partial charge in [-0.1, -0.05) is 17.7 Å². The van der Waals surface area contributed by atoms with E-state index in [2.05, 4.69) is 14.7 Å². The van der Waals surface area contributed by atoms with Gasteiger partial charge in [0.15, 0.2) is 0 Å². The van der Waals surface area contributed by atoms with Crippen molar-refractivity contribution in [3.05, 3.63) is 47.2 Å². The van der Waals surface area contributed by atoms with E-state index in [-0.39, 0.29) is 29.7 Å². The topological polar surface area (TPSA) is 75.6 Å². The average molecular weight is 402 g/mol. The van der Waals surface area contributed by atoms with Gasteiger partial charge in [0.2, 0.25) is 5.95 Å². The van der Waals surface area contributed by atoms with Gasteiger partial charge in [0.1, 0.15) is 0 Å². The van der Waals surface area contributed by atoms with Gasteiger partial charge in [0, 0.05) is 29.5 Å². The van der Waals surface area contributed by atoms with E-state index in [1.54, 1.807) is 6.07 Å². The van der Waals surface area contributed by atoms with E-state index in [9.17, 15) is 23.1 Å². The smallest absolute Gasteiger partial charge is 0.430 e. The number of anilines is 2. The summed E-state index contributed by atoms with van der Waals surface area (Å²) in [5.41, 5.74) is -3.17. The molecule has 1 aliphatic rings. The highest BCUT2D eigenvalue weighted by atomic mass is 35.5. The molecule has 1 aromatic heterocycles. The summed E-state index contributed by atoms with van der Waals surface area (Å²) >= 11 is 6.15. The second-order valence-electron chi connectivity index (χ2n) is 5.86. The van der Waals surface area contributed by atoms with Gasteiger partial charge in [-0.05, 0) is 30.7 Å². The average Bonchev–Trinajstić information content (AvgIpc) is 3.02. The number of carbonyl (C=O) groups excluding carboxylic acids is 1. The molecule has 0 fully saturated rings. The van der Waals surface area contributed by atoms with Crippen LogP contribution in [-0.4, -0.2) is 45.5 Å². The van der Waals surface area contributed by atoms with Crippen LogP contribution < -0.4 is 4.90 Å². The van der Waals surface area contributed by atoms with Crippen molar-refractivity contribution in [2.24, 2.45) is 0 Å². The van der Waals surface area contributed by atoms with Crippen LogP contribution in [0.1, 0.15) is 12.5 Å². The zero-order chi connectivity index (χ0) is 19.8. The molecule has 0 saturated heterocycles. The van der Waals surface area contributed by atoms with E-state index in [0.29, 0.717) is 5.56 Å². The summed E-state index contributed by atoms with van der Waals surface area (Å²) in [6.45, 7) is 1.03. The Bertz CT molecular complexity index is 850. The SMILES string of the molecule is CCOC(=O)C(O)(C1Cc2c(Cl)cccc2N1c1ncccn1)C(F)(F)F. The first-order valence-corrected chi connectivity index (χ1v) is 8.39. The largest absolute Gasteiger partial charge is 0.464 e. The van der Waals surface area contributed by atoms with Gasteiger partial charge in [0.25, 0.3) is 5.60 Å². The van der Waals surface area contributed by atoms with E-state index in [1.165, 1.54) is 37.5 Å². The number of ether oxygens (including phenoxy) is 1. The van der Waals surface area contributed by atoms with Crippen LogP contribution in [0.3, 0.4) is 0 Å². The third-order valence-electron chi connectivity index (χ3n) is 4.33. The molecule has 2 unspecified atom stereocenters. The number of alkyl halides is 3. The van der Waals surface area contributed by atoms with Crippen molar-refractivity contribution in [1.29, 1.82) is 0 Å². The first-order chi connectivity index (χ1) is 12.7. The summed E-state index contributed by atoms with van der Waals surface area (Å²) < 4.78 is 46.2. The van der Waals surface area contributed by atoms with Gasteiger partial charge in [-0.2, -0.15) is 13.2 Å².